The number of amides is 1. The number of pyridine rings is 1. The highest BCUT2D eigenvalue weighted by atomic mass is 16.6. The number of oxime groups is 1. The molecule has 3 saturated carbocycles. The third-order valence-corrected chi connectivity index (χ3v) is 10.3. The average molecular weight is 494 g/mol. The largest absolute Gasteiger partial charge is 0.385 e. The van der Waals surface area contributed by atoms with Crippen LogP contribution in [0.3, 0.4) is 0 Å². The van der Waals surface area contributed by atoms with Gasteiger partial charge in [0.15, 0.2) is 12.4 Å². The summed E-state index contributed by atoms with van der Waals surface area (Å²) in [4.78, 5) is 34.0. The van der Waals surface area contributed by atoms with E-state index in [0.29, 0.717) is 30.7 Å². The molecule has 2 N–H and O–H groups in total. The molecule has 0 radical (unpaired) electrons. The first-order chi connectivity index (χ1) is 17.2. The molecule has 0 aliphatic heterocycles. The van der Waals surface area contributed by atoms with Crippen molar-refractivity contribution in [2.45, 2.75) is 84.3 Å². The highest BCUT2D eigenvalue weighted by molar-refractivity contribution is 5.96. The smallest absolute Gasteiger partial charge is 0.261 e. The maximum atomic E-state index is 12.4. The zero-order valence-corrected chi connectivity index (χ0v) is 21.8. The molecule has 0 unspecified atom stereocenters. The Bertz CT molecular complexity index is 1090. The van der Waals surface area contributed by atoms with E-state index in [1.807, 2.05) is 12.1 Å². The summed E-state index contributed by atoms with van der Waals surface area (Å²) in [6, 6.07) is 3.75. The van der Waals surface area contributed by atoms with Crippen LogP contribution in [-0.2, 0) is 21.0 Å². The molecule has 1 amide bonds. The van der Waals surface area contributed by atoms with Crippen molar-refractivity contribution in [3.05, 3.63) is 41.7 Å². The van der Waals surface area contributed by atoms with Crippen LogP contribution in [0.1, 0.15) is 77.7 Å². The van der Waals surface area contributed by atoms with Gasteiger partial charge in [0.2, 0.25) is 0 Å². The number of ketones is 1. The number of carbonyl (C=O) groups is 2. The van der Waals surface area contributed by atoms with Crippen molar-refractivity contribution in [2.75, 3.05) is 6.61 Å². The van der Waals surface area contributed by atoms with E-state index in [9.17, 15) is 14.7 Å². The standard InChI is InChI=1S/C29H39N3O4/c1-19(33)29(35)13-10-25-23-7-6-21-15-22(8-11-27(21,2)24(23)9-12-28(25,29)3)32-36-18-26(34)31-17-20-5-4-14-30-16-20/h4-5,14-16,23-25,35H,6-13,17-18H2,1-3H3,(H,31,34)/t23-,24+,25+,27+,28+,29+/m1/s1. The zero-order valence-electron chi connectivity index (χ0n) is 21.8. The maximum absolute atomic E-state index is 12.4. The van der Waals surface area contributed by atoms with Gasteiger partial charge in [0.25, 0.3) is 5.91 Å². The minimum Gasteiger partial charge on any atom is -0.385 e. The van der Waals surface area contributed by atoms with Crippen LogP contribution in [0.15, 0.2) is 41.3 Å². The second-order valence-corrected chi connectivity index (χ2v) is 11.9. The first-order valence-electron chi connectivity index (χ1n) is 13.5. The first-order valence-corrected chi connectivity index (χ1v) is 13.5. The Morgan fingerprint density at radius 3 is 2.72 bits per heavy atom. The fraction of sp³-hybridized carbons (Fsp3) is 0.655. The topological polar surface area (TPSA) is 101 Å². The number of aliphatic hydroxyl groups is 1. The Hall–Kier alpha value is -2.54. The SMILES string of the molecule is CC(=O)[C@@]1(O)CC[C@H]2[C@@H]3CCC4=CC(=NOCC(=O)NCc5cccnc5)CC[C@]4(C)[C@H]3CC[C@@]21C. The molecule has 0 bridgehead atoms. The summed E-state index contributed by atoms with van der Waals surface area (Å²) in [6.45, 7) is 6.46. The Morgan fingerprint density at radius 1 is 1.17 bits per heavy atom. The fourth-order valence-corrected chi connectivity index (χ4v) is 8.17. The highest BCUT2D eigenvalue weighted by Gasteiger charge is 2.65. The fourth-order valence-electron chi connectivity index (χ4n) is 8.17. The van der Waals surface area contributed by atoms with Crippen LogP contribution < -0.4 is 5.32 Å². The van der Waals surface area contributed by atoms with Crippen LogP contribution in [0.2, 0.25) is 0 Å². The Kier molecular flexibility index (Phi) is 6.56. The van der Waals surface area contributed by atoms with E-state index >= 15 is 0 Å². The van der Waals surface area contributed by atoms with Gasteiger partial charge in [-0.15, -0.1) is 0 Å². The molecular formula is C29H39N3O4. The van der Waals surface area contributed by atoms with Gasteiger partial charge >= 0.3 is 0 Å². The molecule has 6 atom stereocenters. The molecular weight excluding hydrogens is 454 g/mol. The van der Waals surface area contributed by atoms with Crippen LogP contribution in [-0.4, -0.2) is 39.7 Å². The number of carbonyl (C=O) groups excluding carboxylic acids is 2. The lowest BCUT2D eigenvalue weighted by molar-refractivity contribution is -0.159. The molecule has 4 aliphatic rings. The maximum Gasteiger partial charge on any atom is 0.261 e. The monoisotopic (exact) mass is 493 g/mol. The lowest BCUT2D eigenvalue weighted by Crippen LogP contribution is -2.57. The summed E-state index contributed by atoms with van der Waals surface area (Å²) in [5.41, 5.74) is 1.96. The van der Waals surface area contributed by atoms with Crippen LogP contribution in [0.4, 0.5) is 0 Å². The minimum absolute atomic E-state index is 0.0576. The third kappa shape index (κ3) is 4.09. The Labute approximate surface area is 213 Å². The van der Waals surface area contributed by atoms with E-state index in [1.165, 1.54) is 5.57 Å². The second-order valence-electron chi connectivity index (χ2n) is 11.9. The van der Waals surface area contributed by atoms with Gasteiger partial charge in [-0.2, -0.15) is 0 Å². The number of hydrogen-bond acceptors (Lipinski definition) is 6. The number of nitrogens with one attached hydrogen (secondary N) is 1. The molecule has 3 fully saturated rings. The number of aromatic nitrogens is 1. The summed E-state index contributed by atoms with van der Waals surface area (Å²) < 4.78 is 0. The molecule has 194 valence electrons. The molecule has 5 rings (SSSR count). The van der Waals surface area contributed by atoms with Crippen LogP contribution in [0.5, 0.6) is 0 Å². The summed E-state index contributed by atoms with van der Waals surface area (Å²) in [5.74, 6) is 1.28. The summed E-state index contributed by atoms with van der Waals surface area (Å²) in [7, 11) is 0. The molecule has 1 aromatic rings. The van der Waals surface area contributed by atoms with E-state index in [2.05, 4.69) is 35.4 Å². The molecule has 4 aliphatic carbocycles. The van der Waals surface area contributed by atoms with Gasteiger partial charge in [-0.3, -0.25) is 14.6 Å². The van der Waals surface area contributed by atoms with Crippen LogP contribution in [0.25, 0.3) is 0 Å². The van der Waals surface area contributed by atoms with Gasteiger partial charge in [-0.05, 0) is 99.2 Å². The van der Waals surface area contributed by atoms with Crippen molar-refractivity contribution in [3.63, 3.8) is 0 Å². The average Bonchev–Trinajstić information content (AvgIpc) is 3.15. The second kappa shape index (κ2) is 9.40. The predicted octanol–water partition coefficient (Wildman–Crippen LogP) is 4.35. The number of fused-ring (bicyclic) bond motifs is 5. The molecule has 7 heteroatoms. The number of allylic oxidation sites excluding steroid dienone is 2. The zero-order chi connectivity index (χ0) is 25.6. The van der Waals surface area contributed by atoms with Crippen molar-refractivity contribution >= 4 is 17.4 Å². The van der Waals surface area contributed by atoms with Gasteiger partial charge in [-0.1, -0.05) is 30.6 Å². The molecule has 36 heavy (non-hydrogen) atoms. The van der Waals surface area contributed by atoms with E-state index < -0.39 is 5.60 Å². The summed E-state index contributed by atoms with van der Waals surface area (Å²) in [6.07, 6.45) is 13.1. The van der Waals surface area contributed by atoms with E-state index in [0.717, 1.165) is 56.2 Å². The Morgan fingerprint density at radius 2 is 1.97 bits per heavy atom. The van der Waals surface area contributed by atoms with Crippen molar-refractivity contribution in [1.29, 1.82) is 0 Å². The lowest BCUT2D eigenvalue weighted by Gasteiger charge is -2.59. The van der Waals surface area contributed by atoms with Crippen molar-refractivity contribution < 1.29 is 19.5 Å². The number of rotatable bonds is 6. The first kappa shape index (κ1) is 25.1. The van der Waals surface area contributed by atoms with Crippen molar-refractivity contribution in [3.8, 4) is 0 Å². The van der Waals surface area contributed by atoms with E-state index in [4.69, 9.17) is 4.84 Å². The molecule has 1 heterocycles. The number of hydrogen-bond donors (Lipinski definition) is 2. The van der Waals surface area contributed by atoms with E-state index in [-0.39, 0.29) is 29.1 Å². The molecule has 1 aromatic heterocycles. The van der Waals surface area contributed by atoms with Crippen LogP contribution in [0, 0.1) is 28.6 Å². The van der Waals surface area contributed by atoms with E-state index in [1.54, 1.807) is 19.3 Å². The molecule has 0 saturated heterocycles. The van der Waals surface area contributed by atoms with Gasteiger partial charge in [0.05, 0.1) is 5.71 Å². The summed E-state index contributed by atoms with van der Waals surface area (Å²) >= 11 is 0. The Balaban J connectivity index is 1.22. The third-order valence-electron chi connectivity index (χ3n) is 10.3. The van der Waals surface area contributed by atoms with Gasteiger partial charge in [0.1, 0.15) is 5.60 Å². The molecule has 7 nitrogen and oxygen atoms in total. The van der Waals surface area contributed by atoms with Crippen molar-refractivity contribution in [2.24, 2.45) is 33.7 Å². The van der Waals surface area contributed by atoms with Gasteiger partial charge in [-0.25, -0.2) is 0 Å². The minimum atomic E-state index is -1.16. The molecule has 0 spiro atoms. The summed E-state index contributed by atoms with van der Waals surface area (Å²) in [5, 5.41) is 18.5. The number of Topliss-reactive ketones (excluding diaryl/α,β-unsaturated/α-hetero) is 1. The van der Waals surface area contributed by atoms with Gasteiger partial charge < -0.3 is 15.3 Å². The highest BCUT2D eigenvalue weighted by Crippen LogP contribution is 2.67. The normalized spacial score (nSPS) is 38.4. The molecule has 0 aromatic carbocycles. The number of nitrogens with zero attached hydrogens (tertiary/aromatic N) is 2. The van der Waals surface area contributed by atoms with Crippen molar-refractivity contribution in [1.82, 2.24) is 10.3 Å². The lowest BCUT2D eigenvalue weighted by atomic mass is 9.46. The van der Waals surface area contributed by atoms with Crippen LogP contribution >= 0.6 is 0 Å². The van der Waals surface area contributed by atoms with Gasteiger partial charge in [0, 0.05) is 24.4 Å². The predicted molar refractivity (Wildman–Crippen MR) is 137 cm³/mol. The quantitative estimate of drug-likeness (QED) is 0.574.